The van der Waals surface area contributed by atoms with Crippen molar-refractivity contribution in [1.82, 2.24) is 0 Å². The maximum atomic E-state index is 10.6. The van der Waals surface area contributed by atoms with E-state index >= 15 is 0 Å². The number of hydrogen-bond donors (Lipinski definition) is 1. The number of benzene rings is 1. The maximum absolute atomic E-state index is 10.6. The van der Waals surface area contributed by atoms with Crippen molar-refractivity contribution in [3.05, 3.63) is 23.8 Å². The smallest absolute Gasteiger partial charge is 0.161 e. The molecule has 3 aliphatic rings. The third-order valence-corrected chi connectivity index (χ3v) is 5.11. The monoisotopic (exact) mass is 260 g/mol. The molecule has 102 valence electrons. The Bertz CT molecular complexity index is 485. The summed E-state index contributed by atoms with van der Waals surface area (Å²) in [6.07, 6.45) is 4.85. The zero-order chi connectivity index (χ0) is 12.8. The first-order valence-electron chi connectivity index (χ1n) is 7.39. The second-order valence-electron chi connectivity index (χ2n) is 6.19. The van der Waals surface area contributed by atoms with Crippen LogP contribution in [0.2, 0.25) is 0 Å². The molecule has 2 saturated carbocycles. The van der Waals surface area contributed by atoms with Crippen molar-refractivity contribution in [2.75, 3.05) is 13.2 Å². The summed E-state index contributed by atoms with van der Waals surface area (Å²) in [4.78, 5) is 0. The van der Waals surface area contributed by atoms with Gasteiger partial charge < -0.3 is 14.6 Å². The van der Waals surface area contributed by atoms with Crippen molar-refractivity contribution in [3.63, 3.8) is 0 Å². The van der Waals surface area contributed by atoms with Gasteiger partial charge in [-0.25, -0.2) is 0 Å². The minimum atomic E-state index is -0.342. The predicted octanol–water partition coefficient (Wildman–Crippen LogP) is 2.93. The van der Waals surface area contributed by atoms with Gasteiger partial charge in [0.15, 0.2) is 11.5 Å². The number of rotatable bonds is 2. The summed E-state index contributed by atoms with van der Waals surface area (Å²) < 4.78 is 11.1. The van der Waals surface area contributed by atoms with E-state index in [1.165, 1.54) is 25.7 Å². The first kappa shape index (κ1) is 11.6. The molecule has 3 nitrogen and oxygen atoms in total. The maximum Gasteiger partial charge on any atom is 0.161 e. The van der Waals surface area contributed by atoms with Crippen molar-refractivity contribution < 1.29 is 14.6 Å². The second kappa shape index (κ2) is 4.41. The van der Waals surface area contributed by atoms with Crippen LogP contribution in [-0.4, -0.2) is 18.3 Å². The first-order valence-corrected chi connectivity index (χ1v) is 7.39. The topological polar surface area (TPSA) is 38.7 Å². The van der Waals surface area contributed by atoms with Crippen LogP contribution in [0.4, 0.5) is 0 Å². The standard InChI is InChI=1S/C16H20O3/c17-16(13-8-10-1-2-11(13)7-10)12-3-4-14-15(9-12)19-6-5-18-14/h3-4,9-11,13,16-17H,1-2,5-8H2. The highest BCUT2D eigenvalue weighted by molar-refractivity contribution is 5.44. The molecule has 4 rings (SSSR count). The molecule has 4 atom stereocenters. The van der Waals surface area contributed by atoms with Gasteiger partial charge in [-0.3, -0.25) is 0 Å². The minimum Gasteiger partial charge on any atom is -0.486 e. The fourth-order valence-corrected chi connectivity index (χ4v) is 4.17. The van der Waals surface area contributed by atoms with Gasteiger partial charge in [-0.2, -0.15) is 0 Å². The van der Waals surface area contributed by atoms with Crippen molar-refractivity contribution in [1.29, 1.82) is 0 Å². The largest absolute Gasteiger partial charge is 0.486 e. The molecule has 0 radical (unpaired) electrons. The zero-order valence-corrected chi connectivity index (χ0v) is 11.0. The second-order valence-corrected chi connectivity index (χ2v) is 6.19. The van der Waals surface area contributed by atoms with E-state index < -0.39 is 0 Å². The third kappa shape index (κ3) is 1.91. The van der Waals surface area contributed by atoms with E-state index in [1.54, 1.807) is 0 Å². The van der Waals surface area contributed by atoms with Gasteiger partial charge in [-0.1, -0.05) is 12.5 Å². The van der Waals surface area contributed by atoms with Crippen LogP contribution in [0.1, 0.15) is 37.4 Å². The molecule has 2 aliphatic carbocycles. The Morgan fingerprint density at radius 3 is 2.63 bits per heavy atom. The quantitative estimate of drug-likeness (QED) is 0.888. The van der Waals surface area contributed by atoms with Gasteiger partial charge in [-0.15, -0.1) is 0 Å². The molecule has 1 N–H and O–H groups in total. The lowest BCUT2D eigenvalue weighted by atomic mass is 9.82. The van der Waals surface area contributed by atoms with Crippen LogP contribution in [0, 0.1) is 17.8 Å². The van der Waals surface area contributed by atoms with E-state index in [0.717, 1.165) is 28.9 Å². The Hall–Kier alpha value is -1.22. The molecule has 0 saturated heterocycles. The van der Waals surface area contributed by atoms with Gasteiger partial charge >= 0.3 is 0 Å². The van der Waals surface area contributed by atoms with E-state index in [0.29, 0.717) is 19.1 Å². The molecule has 0 spiro atoms. The highest BCUT2D eigenvalue weighted by atomic mass is 16.6. The average molecular weight is 260 g/mol. The van der Waals surface area contributed by atoms with Crippen molar-refractivity contribution in [2.24, 2.45) is 17.8 Å². The lowest BCUT2D eigenvalue weighted by molar-refractivity contribution is 0.0738. The van der Waals surface area contributed by atoms with Gasteiger partial charge in [0.1, 0.15) is 13.2 Å². The number of hydrogen-bond acceptors (Lipinski definition) is 3. The molecule has 19 heavy (non-hydrogen) atoms. The van der Waals surface area contributed by atoms with Crippen LogP contribution < -0.4 is 9.47 Å². The van der Waals surface area contributed by atoms with Gasteiger partial charge in [0.05, 0.1) is 6.10 Å². The summed E-state index contributed by atoms with van der Waals surface area (Å²) in [7, 11) is 0. The highest BCUT2D eigenvalue weighted by Gasteiger charge is 2.43. The molecule has 0 aromatic heterocycles. The van der Waals surface area contributed by atoms with E-state index in [4.69, 9.17) is 9.47 Å². The van der Waals surface area contributed by atoms with Crippen LogP contribution in [-0.2, 0) is 0 Å². The predicted molar refractivity (Wildman–Crippen MR) is 71.3 cm³/mol. The summed E-state index contributed by atoms with van der Waals surface area (Å²) >= 11 is 0. The van der Waals surface area contributed by atoms with Crippen LogP contribution in [0.15, 0.2) is 18.2 Å². The molecule has 0 amide bonds. The molecule has 2 fully saturated rings. The van der Waals surface area contributed by atoms with E-state index in [2.05, 4.69) is 0 Å². The SMILES string of the molecule is OC(c1ccc2c(c1)OCCO2)C1CC2CCC1C2. The normalized spacial score (nSPS) is 33.4. The molecule has 1 aromatic rings. The highest BCUT2D eigenvalue weighted by Crippen LogP contribution is 2.52. The van der Waals surface area contributed by atoms with E-state index in [9.17, 15) is 5.11 Å². The first-order chi connectivity index (χ1) is 9.31. The summed E-state index contributed by atoms with van der Waals surface area (Å²) in [5.74, 6) is 3.62. The molecule has 1 heterocycles. The molecule has 4 unspecified atom stereocenters. The number of aliphatic hydroxyl groups is 1. The average Bonchev–Trinajstić information content (AvgIpc) is 3.08. The van der Waals surface area contributed by atoms with Crippen LogP contribution in [0.5, 0.6) is 11.5 Å². The molecular formula is C16H20O3. The summed E-state index contributed by atoms with van der Waals surface area (Å²) in [6.45, 7) is 1.21. The third-order valence-electron chi connectivity index (χ3n) is 5.11. The Kier molecular flexibility index (Phi) is 2.69. The summed E-state index contributed by atoms with van der Waals surface area (Å²) in [5.41, 5.74) is 0.988. The van der Waals surface area contributed by atoms with Crippen LogP contribution in [0.25, 0.3) is 0 Å². The summed E-state index contributed by atoms with van der Waals surface area (Å²) in [6, 6.07) is 5.88. The Labute approximate surface area is 113 Å². The van der Waals surface area contributed by atoms with Gasteiger partial charge in [0, 0.05) is 0 Å². The molecule has 2 bridgehead atoms. The molecular weight excluding hydrogens is 240 g/mol. The Morgan fingerprint density at radius 2 is 1.89 bits per heavy atom. The number of ether oxygens (including phenoxy) is 2. The minimum absolute atomic E-state index is 0.342. The van der Waals surface area contributed by atoms with Gasteiger partial charge in [0.2, 0.25) is 0 Å². The molecule has 1 aromatic carbocycles. The van der Waals surface area contributed by atoms with Crippen LogP contribution >= 0.6 is 0 Å². The molecule has 1 aliphatic heterocycles. The zero-order valence-electron chi connectivity index (χ0n) is 11.0. The Morgan fingerprint density at radius 1 is 1.05 bits per heavy atom. The van der Waals surface area contributed by atoms with Crippen molar-refractivity contribution in [3.8, 4) is 11.5 Å². The molecule has 3 heteroatoms. The fraction of sp³-hybridized carbons (Fsp3) is 0.625. The lowest BCUT2D eigenvalue weighted by Crippen LogP contribution is -2.20. The van der Waals surface area contributed by atoms with Crippen LogP contribution in [0.3, 0.4) is 0 Å². The Balaban J connectivity index is 1.58. The van der Waals surface area contributed by atoms with Gasteiger partial charge in [0.25, 0.3) is 0 Å². The fourth-order valence-electron chi connectivity index (χ4n) is 4.17. The summed E-state index contributed by atoms with van der Waals surface area (Å²) in [5, 5.41) is 10.6. The lowest BCUT2D eigenvalue weighted by Gasteiger charge is -2.28. The van der Waals surface area contributed by atoms with E-state index in [1.807, 2.05) is 18.2 Å². The number of aliphatic hydroxyl groups excluding tert-OH is 1. The number of fused-ring (bicyclic) bond motifs is 3. The van der Waals surface area contributed by atoms with Crippen molar-refractivity contribution >= 4 is 0 Å². The van der Waals surface area contributed by atoms with Gasteiger partial charge in [-0.05, 0) is 54.7 Å². The van der Waals surface area contributed by atoms with E-state index in [-0.39, 0.29) is 6.10 Å². The van der Waals surface area contributed by atoms with Crippen molar-refractivity contribution in [2.45, 2.75) is 31.8 Å².